The van der Waals surface area contributed by atoms with Crippen molar-refractivity contribution in [2.75, 3.05) is 39.3 Å². The maximum Gasteiger partial charge on any atom is 0.131 e. The van der Waals surface area contributed by atoms with Gasteiger partial charge >= 0.3 is 0 Å². The topological polar surface area (TPSA) is 26.7 Å². The van der Waals surface area contributed by atoms with E-state index in [-0.39, 0.29) is 12.1 Å². The Kier molecular flexibility index (Phi) is 4.52. The molecule has 0 spiro atoms. The van der Waals surface area contributed by atoms with Crippen molar-refractivity contribution in [1.29, 1.82) is 0 Å². The molecule has 1 aromatic carbocycles. The molecule has 1 saturated heterocycles. The smallest absolute Gasteiger partial charge is 0.131 e. The first-order valence-electron chi connectivity index (χ1n) is 7.70. The van der Waals surface area contributed by atoms with E-state index in [0.717, 1.165) is 32.1 Å². The van der Waals surface area contributed by atoms with E-state index in [2.05, 4.69) is 9.80 Å². The van der Waals surface area contributed by atoms with Gasteiger partial charge in [-0.1, -0.05) is 6.07 Å². The molecule has 1 N–H and O–H groups in total. The third-order valence-electron chi connectivity index (χ3n) is 4.44. The molecule has 1 unspecified atom stereocenters. The zero-order chi connectivity index (χ0) is 14.8. The number of nitrogens with zero attached hydrogens (tertiary/aromatic N) is 2. The molecule has 3 rings (SSSR count). The van der Waals surface area contributed by atoms with Crippen LogP contribution in [0, 0.1) is 17.6 Å². The fraction of sp³-hybridized carbons (Fsp3) is 0.625. The van der Waals surface area contributed by atoms with Crippen LogP contribution in [0.15, 0.2) is 18.2 Å². The molecule has 5 heteroatoms. The van der Waals surface area contributed by atoms with Crippen LogP contribution in [0.25, 0.3) is 0 Å². The Balaban J connectivity index is 1.52. The van der Waals surface area contributed by atoms with Crippen LogP contribution in [0.4, 0.5) is 8.78 Å². The first-order valence-corrected chi connectivity index (χ1v) is 7.70. The molecule has 1 saturated carbocycles. The molecule has 0 aromatic heterocycles. The maximum atomic E-state index is 13.6. The van der Waals surface area contributed by atoms with Crippen molar-refractivity contribution >= 4 is 0 Å². The fourth-order valence-electron chi connectivity index (χ4n) is 2.98. The molecule has 116 valence electrons. The van der Waals surface area contributed by atoms with E-state index < -0.39 is 17.7 Å². The highest BCUT2D eigenvalue weighted by molar-refractivity contribution is 5.22. The fourth-order valence-corrected chi connectivity index (χ4v) is 2.98. The molecule has 21 heavy (non-hydrogen) atoms. The lowest BCUT2D eigenvalue weighted by molar-refractivity contribution is 0.0677. The lowest BCUT2D eigenvalue weighted by atomic mass is 10.1. The first-order chi connectivity index (χ1) is 10.1. The van der Waals surface area contributed by atoms with Crippen LogP contribution < -0.4 is 0 Å². The van der Waals surface area contributed by atoms with Crippen molar-refractivity contribution in [2.45, 2.75) is 18.9 Å². The highest BCUT2D eigenvalue weighted by Gasteiger charge is 2.27. The van der Waals surface area contributed by atoms with E-state index in [1.165, 1.54) is 37.6 Å². The number of aliphatic hydroxyl groups excluding tert-OH is 1. The van der Waals surface area contributed by atoms with Crippen molar-refractivity contribution in [3.05, 3.63) is 35.4 Å². The van der Waals surface area contributed by atoms with Gasteiger partial charge in [-0.3, -0.25) is 4.90 Å². The van der Waals surface area contributed by atoms with E-state index in [4.69, 9.17) is 0 Å². The van der Waals surface area contributed by atoms with Gasteiger partial charge in [-0.05, 0) is 30.9 Å². The Labute approximate surface area is 124 Å². The summed E-state index contributed by atoms with van der Waals surface area (Å²) in [5.74, 6) is -0.459. The molecule has 2 fully saturated rings. The lowest BCUT2D eigenvalue weighted by Crippen LogP contribution is -2.48. The molecule has 1 heterocycles. The van der Waals surface area contributed by atoms with Gasteiger partial charge in [-0.25, -0.2) is 8.78 Å². The monoisotopic (exact) mass is 296 g/mol. The van der Waals surface area contributed by atoms with Gasteiger partial charge in [-0.15, -0.1) is 0 Å². The molecule has 1 atom stereocenters. The second-order valence-corrected chi connectivity index (χ2v) is 6.20. The predicted octanol–water partition coefficient (Wildman–Crippen LogP) is 2.03. The molecule has 1 aliphatic carbocycles. The molecule has 1 aliphatic heterocycles. The van der Waals surface area contributed by atoms with E-state index in [0.29, 0.717) is 0 Å². The minimum absolute atomic E-state index is 0.210. The van der Waals surface area contributed by atoms with Crippen molar-refractivity contribution in [3.8, 4) is 0 Å². The Bertz CT molecular complexity index is 465. The van der Waals surface area contributed by atoms with Crippen LogP contribution in [-0.2, 0) is 0 Å². The van der Waals surface area contributed by atoms with E-state index in [9.17, 15) is 13.9 Å². The van der Waals surface area contributed by atoms with Crippen LogP contribution in [-0.4, -0.2) is 54.2 Å². The number of hydrogen-bond acceptors (Lipinski definition) is 3. The molecule has 0 radical (unpaired) electrons. The highest BCUT2D eigenvalue weighted by Crippen LogP contribution is 2.30. The van der Waals surface area contributed by atoms with Crippen molar-refractivity contribution in [2.24, 2.45) is 5.92 Å². The Morgan fingerprint density at radius 1 is 1.05 bits per heavy atom. The Hall–Kier alpha value is -1.04. The summed E-state index contributed by atoms with van der Waals surface area (Å²) in [7, 11) is 0. The summed E-state index contributed by atoms with van der Waals surface area (Å²) in [6.45, 7) is 5.11. The van der Waals surface area contributed by atoms with Gasteiger partial charge in [0.15, 0.2) is 0 Å². The summed E-state index contributed by atoms with van der Waals surface area (Å²) in [5.41, 5.74) is -0.210. The first kappa shape index (κ1) is 14.9. The van der Waals surface area contributed by atoms with Crippen LogP contribution in [0.1, 0.15) is 24.5 Å². The van der Waals surface area contributed by atoms with Gasteiger partial charge in [0.05, 0.1) is 11.7 Å². The molecule has 2 aliphatic rings. The molecule has 0 bridgehead atoms. The number of hydrogen-bond donors (Lipinski definition) is 1. The Morgan fingerprint density at radius 2 is 1.62 bits per heavy atom. The zero-order valence-corrected chi connectivity index (χ0v) is 12.1. The highest BCUT2D eigenvalue weighted by atomic mass is 19.1. The largest absolute Gasteiger partial charge is 0.387 e. The van der Waals surface area contributed by atoms with E-state index in [1.54, 1.807) is 0 Å². The van der Waals surface area contributed by atoms with Crippen molar-refractivity contribution in [1.82, 2.24) is 9.80 Å². The zero-order valence-electron chi connectivity index (χ0n) is 12.1. The van der Waals surface area contributed by atoms with Gasteiger partial charge in [0.2, 0.25) is 0 Å². The minimum atomic E-state index is -1.11. The standard InChI is InChI=1S/C16H22F2N2O/c17-13-2-1-3-14(18)16(13)15(21)11-20-8-6-19(7-9-20)10-12-4-5-12/h1-3,12,15,21H,4-11H2. The van der Waals surface area contributed by atoms with Gasteiger partial charge in [-0.2, -0.15) is 0 Å². The van der Waals surface area contributed by atoms with Crippen LogP contribution >= 0.6 is 0 Å². The summed E-state index contributed by atoms with van der Waals surface area (Å²) < 4.78 is 27.3. The predicted molar refractivity (Wildman–Crippen MR) is 76.9 cm³/mol. The molecular formula is C16H22F2N2O. The number of benzene rings is 1. The van der Waals surface area contributed by atoms with Gasteiger partial charge in [0.1, 0.15) is 11.6 Å². The summed E-state index contributed by atoms with van der Waals surface area (Å²) in [6.07, 6.45) is 1.60. The molecular weight excluding hydrogens is 274 g/mol. The van der Waals surface area contributed by atoms with Gasteiger partial charge in [0.25, 0.3) is 0 Å². The van der Waals surface area contributed by atoms with Crippen LogP contribution in [0.5, 0.6) is 0 Å². The number of piperazine rings is 1. The summed E-state index contributed by atoms with van der Waals surface area (Å²) >= 11 is 0. The number of halogens is 2. The van der Waals surface area contributed by atoms with E-state index in [1.807, 2.05) is 0 Å². The third-order valence-corrected chi connectivity index (χ3v) is 4.44. The second-order valence-electron chi connectivity index (χ2n) is 6.20. The number of β-amino-alcohol motifs (C(OH)–C–C–N with tert-alkyl or cyclic N) is 1. The summed E-state index contributed by atoms with van der Waals surface area (Å²) in [4.78, 5) is 4.53. The number of aliphatic hydroxyl groups is 1. The summed E-state index contributed by atoms with van der Waals surface area (Å²) in [5, 5.41) is 10.1. The average molecular weight is 296 g/mol. The van der Waals surface area contributed by atoms with Crippen LogP contribution in [0.3, 0.4) is 0 Å². The average Bonchev–Trinajstić information content (AvgIpc) is 3.25. The Morgan fingerprint density at radius 3 is 2.19 bits per heavy atom. The normalized spacial score (nSPS) is 22.4. The number of rotatable bonds is 5. The maximum absolute atomic E-state index is 13.6. The molecule has 0 amide bonds. The van der Waals surface area contributed by atoms with Gasteiger partial charge < -0.3 is 10.0 Å². The van der Waals surface area contributed by atoms with E-state index >= 15 is 0 Å². The summed E-state index contributed by atoms with van der Waals surface area (Å²) in [6, 6.07) is 3.70. The third kappa shape index (κ3) is 3.78. The SMILES string of the molecule is OC(CN1CCN(CC2CC2)CC1)c1c(F)cccc1F. The van der Waals surface area contributed by atoms with Crippen molar-refractivity contribution < 1.29 is 13.9 Å². The quantitative estimate of drug-likeness (QED) is 0.900. The lowest BCUT2D eigenvalue weighted by Gasteiger charge is -2.35. The second kappa shape index (κ2) is 6.38. The van der Waals surface area contributed by atoms with Gasteiger partial charge in [0, 0.05) is 39.3 Å². The molecule has 1 aromatic rings. The van der Waals surface area contributed by atoms with Crippen LogP contribution in [0.2, 0.25) is 0 Å². The minimum Gasteiger partial charge on any atom is -0.387 e. The van der Waals surface area contributed by atoms with Crippen molar-refractivity contribution in [3.63, 3.8) is 0 Å². The molecule has 3 nitrogen and oxygen atoms in total.